The average molecular weight is 331 g/mol. The zero-order valence-corrected chi connectivity index (χ0v) is 14.4. The highest BCUT2D eigenvalue weighted by molar-refractivity contribution is 7.99. The predicted molar refractivity (Wildman–Crippen MR) is 96.1 cm³/mol. The Morgan fingerprint density at radius 1 is 1.30 bits per heavy atom. The summed E-state index contributed by atoms with van der Waals surface area (Å²) in [5.41, 5.74) is 5.00. The van der Waals surface area contributed by atoms with E-state index >= 15 is 0 Å². The second-order valence-electron chi connectivity index (χ2n) is 5.28. The number of furan rings is 1. The van der Waals surface area contributed by atoms with Crippen molar-refractivity contribution in [1.29, 1.82) is 0 Å². The van der Waals surface area contributed by atoms with Crippen LogP contribution < -0.4 is 10.3 Å². The Morgan fingerprint density at radius 2 is 2.09 bits per heavy atom. The van der Waals surface area contributed by atoms with E-state index in [0.29, 0.717) is 11.5 Å². The molecule has 0 atom stereocenters. The molecule has 2 rings (SSSR count). The minimum absolute atomic E-state index is 0.126. The fourth-order valence-corrected chi connectivity index (χ4v) is 2.77. The molecule has 0 aliphatic heterocycles. The lowest BCUT2D eigenvalue weighted by Crippen LogP contribution is -2.19. The summed E-state index contributed by atoms with van der Waals surface area (Å²) < 4.78 is 5.50. The third-order valence-corrected chi connectivity index (χ3v) is 4.17. The summed E-state index contributed by atoms with van der Waals surface area (Å²) in [7, 11) is 3.79. The van der Waals surface area contributed by atoms with Crippen LogP contribution in [0.2, 0.25) is 0 Å². The number of carbonyl (C=O) groups excluding carboxylic acids is 1. The summed E-state index contributed by atoms with van der Waals surface area (Å²) in [6.45, 7) is 2.08. The molecular weight excluding hydrogens is 310 g/mol. The van der Waals surface area contributed by atoms with Gasteiger partial charge < -0.3 is 9.32 Å². The zero-order chi connectivity index (χ0) is 16.7. The molecule has 1 heterocycles. The molecule has 23 heavy (non-hydrogen) atoms. The normalized spacial score (nSPS) is 10.9. The lowest BCUT2D eigenvalue weighted by atomic mass is 10.1. The number of hydrogen-bond donors (Lipinski definition) is 1. The van der Waals surface area contributed by atoms with Crippen LogP contribution in [0.1, 0.15) is 16.9 Å². The van der Waals surface area contributed by atoms with Gasteiger partial charge in [-0.1, -0.05) is 24.3 Å². The number of rotatable bonds is 7. The summed E-state index contributed by atoms with van der Waals surface area (Å²) in [5.74, 6) is 2.40. The number of thioether (sulfide) groups is 1. The Balaban J connectivity index is 1.72. The first-order valence-electron chi connectivity index (χ1n) is 7.27. The molecule has 1 amide bonds. The molecule has 0 saturated heterocycles. The van der Waals surface area contributed by atoms with Crippen molar-refractivity contribution in [3.63, 3.8) is 0 Å². The summed E-state index contributed by atoms with van der Waals surface area (Å²) in [5, 5.41) is 3.91. The van der Waals surface area contributed by atoms with Crippen molar-refractivity contribution in [2.24, 2.45) is 5.10 Å². The fourth-order valence-electron chi connectivity index (χ4n) is 1.88. The number of carbonyl (C=O) groups is 1. The van der Waals surface area contributed by atoms with Gasteiger partial charge in [-0.2, -0.15) is 5.10 Å². The molecule has 0 saturated carbocycles. The topological polar surface area (TPSA) is 57.8 Å². The van der Waals surface area contributed by atoms with Crippen LogP contribution >= 0.6 is 11.8 Å². The van der Waals surface area contributed by atoms with E-state index in [1.165, 1.54) is 17.3 Å². The molecule has 0 aliphatic rings. The number of nitrogens with one attached hydrogen (secondary N) is 1. The first-order chi connectivity index (χ1) is 11.1. The van der Waals surface area contributed by atoms with E-state index in [1.807, 2.05) is 37.2 Å². The number of anilines is 1. The molecule has 0 fully saturated rings. The lowest BCUT2D eigenvalue weighted by molar-refractivity contribution is -0.118. The van der Waals surface area contributed by atoms with E-state index in [1.54, 1.807) is 17.8 Å². The highest BCUT2D eigenvalue weighted by Gasteiger charge is 2.03. The Kier molecular flexibility index (Phi) is 6.29. The van der Waals surface area contributed by atoms with Crippen molar-refractivity contribution in [3.05, 3.63) is 53.3 Å². The second-order valence-corrected chi connectivity index (χ2v) is 6.27. The van der Waals surface area contributed by atoms with Crippen LogP contribution in [0.3, 0.4) is 0 Å². The maximum atomic E-state index is 11.7. The van der Waals surface area contributed by atoms with Gasteiger partial charge in [0.25, 0.3) is 0 Å². The highest BCUT2D eigenvalue weighted by Crippen LogP contribution is 2.16. The smallest absolute Gasteiger partial charge is 0.250 e. The van der Waals surface area contributed by atoms with Crippen molar-refractivity contribution in [1.82, 2.24) is 5.43 Å². The van der Waals surface area contributed by atoms with E-state index in [9.17, 15) is 4.79 Å². The van der Waals surface area contributed by atoms with Gasteiger partial charge in [-0.05, 0) is 24.1 Å². The van der Waals surface area contributed by atoms with Crippen molar-refractivity contribution < 1.29 is 9.21 Å². The van der Waals surface area contributed by atoms with E-state index in [2.05, 4.69) is 29.6 Å². The molecule has 0 radical (unpaired) electrons. The second kappa shape index (κ2) is 8.43. The largest absolute Gasteiger partial charge is 0.440 e. The van der Waals surface area contributed by atoms with Gasteiger partial charge in [-0.3, -0.25) is 4.79 Å². The van der Waals surface area contributed by atoms with Gasteiger partial charge in [0.05, 0.1) is 12.0 Å². The third kappa shape index (κ3) is 5.49. The number of nitrogens with zero attached hydrogens (tertiary/aromatic N) is 2. The van der Waals surface area contributed by atoms with Gasteiger partial charge in [0.1, 0.15) is 5.76 Å². The summed E-state index contributed by atoms with van der Waals surface area (Å²) in [4.78, 5) is 13.6. The van der Waals surface area contributed by atoms with E-state index < -0.39 is 0 Å². The molecule has 0 bridgehead atoms. The van der Waals surface area contributed by atoms with Gasteiger partial charge in [0, 0.05) is 25.9 Å². The number of hydrogen-bond acceptors (Lipinski definition) is 5. The molecule has 2 aromatic rings. The summed E-state index contributed by atoms with van der Waals surface area (Å²) in [6.07, 6.45) is 1.50. The SMILES string of the molecule is Cc1ccccc1CSCC(=O)N/N=C\c1ccc(N(C)C)o1. The minimum atomic E-state index is -0.126. The lowest BCUT2D eigenvalue weighted by Gasteiger charge is -2.05. The summed E-state index contributed by atoms with van der Waals surface area (Å²) in [6, 6.07) is 11.8. The maximum absolute atomic E-state index is 11.7. The Hall–Kier alpha value is -2.21. The first-order valence-corrected chi connectivity index (χ1v) is 8.43. The van der Waals surface area contributed by atoms with Crippen LogP contribution in [0.5, 0.6) is 0 Å². The van der Waals surface area contributed by atoms with Gasteiger partial charge >= 0.3 is 0 Å². The molecule has 0 unspecified atom stereocenters. The Labute approximate surface area is 140 Å². The van der Waals surface area contributed by atoms with E-state index in [-0.39, 0.29) is 5.91 Å². The first kappa shape index (κ1) is 17.1. The molecule has 1 N–H and O–H groups in total. The molecule has 1 aromatic carbocycles. The van der Waals surface area contributed by atoms with Crippen LogP contribution in [-0.4, -0.2) is 32.0 Å². The third-order valence-electron chi connectivity index (χ3n) is 3.19. The van der Waals surface area contributed by atoms with Crippen LogP contribution in [-0.2, 0) is 10.5 Å². The standard InChI is InChI=1S/C17H21N3O2S/c1-13-6-4-5-7-14(13)11-23-12-16(21)19-18-10-15-8-9-17(22-15)20(2)3/h4-10H,11-12H2,1-3H3,(H,19,21)/b18-10-. The van der Waals surface area contributed by atoms with Gasteiger partial charge in [-0.25, -0.2) is 5.43 Å². The van der Waals surface area contributed by atoms with Gasteiger partial charge in [0.15, 0.2) is 5.88 Å². The minimum Gasteiger partial charge on any atom is -0.440 e. The fraction of sp³-hybridized carbons (Fsp3) is 0.294. The van der Waals surface area contributed by atoms with Gasteiger partial charge in [-0.15, -0.1) is 11.8 Å². The Bertz CT molecular complexity index is 680. The molecule has 5 nitrogen and oxygen atoms in total. The van der Waals surface area contributed by atoms with Crippen molar-refractivity contribution in [2.75, 3.05) is 24.7 Å². The number of aryl methyl sites for hydroxylation is 1. The predicted octanol–water partition coefficient (Wildman–Crippen LogP) is 3.04. The van der Waals surface area contributed by atoms with Crippen LogP contribution in [0.4, 0.5) is 5.88 Å². The number of benzene rings is 1. The van der Waals surface area contributed by atoms with Crippen LogP contribution in [0, 0.1) is 6.92 Å². The zero-order valence-electron chi connectivity index (χ0n) is 13.6. The molecule has 0 aliphatic carbocycles. The van der Waals surface area contributed by atoms with Crippen LogP contribution in [0.15, 0.2) is 45.9 Å². The summed E-state index contributed by atoms with van der Waals surface area (Å²) >= 11 is 1.57. The highest BCUT2D eigenvalue weighted by atomic mass is 32.2. The van der Waals surface area contributed by atoms with E-state index in [0.717, 1.165) is 11.6 Å². The van der Waals surface area contributed by atoms with Crippen molar-refractivity contribution in [2.45, 2.75) is 12.7 Å². The van der Waals surface area contributed by atoms with E-state index in [4.69, 9.17) is 4.42 Å². The number of amides is 1. The Morgan fingerprint density at radius 3 is 2.78 bits per heavy atom. The monoisotopic (exact) mass is 331 g/mol. The molecule has 122 valence electrons. The van der Waals surface area contributed by atoms with Crippen LogP contribution in [0.25, 0.3) is 0 Å². The number of hydrazone groups is 1. The quantitative estimate of drug-likeness (QED) is 0.626. The van der Waals surface area contributed by atoms with Crippen molar-refractivity contribution >= 4 is 29.8 Å². The molecule has 6 heteroatoms. The van der Waals surface area contributed by atoms with Gasteiger partial charge in [0.2, 0.25) is 5.91 Å². The van der Waals surface area contributed by atoms with Crippen molar-refractivity contribution in [3.8, 4) is 0 Å². The molecule has 0 spiro atoms. The average Bonchev–Trinajstić information content (AvgIpc) is 2.98. The maximum Gasteiger partial charge on any atom is 0.250 e. The molecule has 1 aromatic heterocycles. The molecular formula is C17H21N3O2S.